The van der Waals surface area contributed by atoms with Crippen molar-refractivity contribution >= 4 is 35.2 Å². The van der Waals surface area contributed by atoms with E-state index in [2.05, 4.69) is 0 Å². The lowest BCUT2D eigenvalue weighted by molar-refractivity contribution is -0.135. The summed E-state index contributed by atoms with van der Waals surface area (Å²) in [6.45, 7) is 1.76. The largest absolute Gasteiger partial charge is 0.497 e. The first-order valence-corrected chi connectivity index (χ1v) is 10.2. The second-order valence-electron chi connectivity index (χ2n) is 6.30. The molecule has 0 aliphatic rings. The summed E-state index contributed by atoms with van der Waals surface area (Å²) in [5.74, 6) is -0.0683. The third kappa shape index (κ3) is 5.12. The zero-order valence-electron chi connectivity index (χ0n) is 16.7. The summed E-state index contributed by atoms with van der Waals surface area (Å²) in [5.41, 5.74) is 0.965. The number of ketones is 1. The van der Waals surface area contributed by atoms with Gasteiger partial charge in [-0.1, -0.05) is 42.5 Å². The Kier molecular flexibility index (Phi) is 6.98. The minimum absolute atomic E-state index is 0.166. The van der Waals surface area contributed by atoms with Gasteiger partial charge in [0.1, 0.15) is 10.4 Å². The van der Waals surface area contributed by atoms with Crippen LogP contribution in [0.25, 0.3) is 12.2 Å². The van der Waals surface area contributed by atoms with Crippen LogP contribution in [-0.4, -0.2) is 30.0 Å². The summed E-state index contributed by atoms with van der Waals surface area (Å²) in [6, 6.07) is 16.0. The molecule has 0 atom stereocenters. The smallest absolute Gasteiger partial charge is 0.333 e. The number of aromatic nitrogens is 1. The molecule has 7 heteroatoms. The molecule has 0 saturated heterocycles. The third-order valence-electron chi connectivity index (χ3n) is 4.28. The number of Topliss-reactive ketones (excluding diaryl/α,β-unsaturated/α-hetero) is 1. The summed E-state index contributed by atoms with van der Waals surface area (Å²) in [7, 11) is 1.58. The maximum absolute atomic E-state index is 13.0. The van der Waals surface area contributed by atoms with E-state index in [0.717, 1.165) is 16.9 Å². The normalized spacial score (nSPS) is 12.1. The third-order valence-corrected chi connectivity index (χ3v) is 5.34. The predicted octanol–water partition coefficient (Wildman–Crippen LogP) is 1.97. The fraction of sp³-hybridized carbons (Fsp3) is 0.174. The summed E-state index contributed by atoms with van der Waals surface area (Å²) < 4.78 is 12.2. The molecule has 0 aliphatic carbocycles. The van der Waals surface area contributed by atoms with Gasteiger partial charge in [0.2, 0.25) is 0 Å². The summed E-state index contributed by atoms with van der Waals surface area (Å²) in [5, 5.41) is 0. The molecule has 3 aromatic rings. The van der Waals surface area contributed by atoms with Gasteiger partial charge >= 0.3 is 5.97 Å². The van der Waals surface area contributed by atoms with Gasteiger partial charge in [0, 0.05) is 5.56 Å². The number of nitrogens with zero attached hydrogens (tertiary/aromatic N) is 1. The van der Waals surface area contributed by atoms with Crippen molar-refractivity contribution in [1.29, 1.82) is 0 Å². The lowest BCUT2D eigenvalue weighted by Crippen LogP contribution is -2.34. The van der Waals surface area contributed by atoms with Crippen LogP contribution in [0.2, 0.25) is 0 Å². The lowest BCUT2D eigenvalue weighted by atomic mass is 10.1. The van der Waals surface area contributed by atoms with Crippen LogP contribution in [0.5, 0.6) is 5.75 Å². The number of methoxy groups -OCH3 is 1. The number of ether oxygens (including phenoxy) is 2. The van der Waals surface area contributed by atoms with Crippen LogP contribution in [0.4, 0.5) is 0 Å². The van der Waals surface area contributed by atoms with Gasteiger partial charge in [-0.05, 0) is 30.7 Å². The van der Waals surface area contributed by atoms with Gasteiger partial charge in [-0.2, -0.15) is 0 Å². The van der Waals surface area contributed by atoms with Gasteiger partial charge in [0.05, 0.1) is 30.9 Å². The molecule has 30 heavy (non-hydrogen) atoms. The lowest BCUT2D eigenvalue weighted by Gasteiger charge is -2.02. The minimum Gasteiger partial charge on any atom is -0.497 e. The Morgan fingerprint density at radius 2 is 1.77 bits per heavy atom. The molecule has 6 nitrogen and oxygen atoms in total. The zero-order chi connectivity index (χ0) is 21.5. The average Bonchev–Trinajstić information content (AvgIpc) is 3.03. The number of thiazole rings is 1. The Labute approximate surface area is 177 Å². The fourth-order valence-corrected chi connectivity index (χ4v) is 3.82. The van der Waals surface area contributed by atoms with Gasteiger partial charge in [0.25, 0.3) is 5.56 Å². The number of hydrogen-bond donors (Lipinski definition) is 0. The van der Waals surface area contributed by atoms with Crippen LogP contribution in [0, 0.1) is 0 Å². The molecular formula is C23H21NO5S. The van der Waals surface area contributed by atoms with Crippen molar-refractivity contribution in [3.8, 4) is 5.75 Å². The minimum atomic E-state index is -0.560. The monoisotopic (exact) mass is 423 g/mol. The van der Waals surface area contributed by atoms with Crippen LogP contribution >= 0.6 is 11.3 Å². The summed E-state index contributed by atoms with van der Waals surface area (Å²) in [4.78, 5) is 37.6. The molecule has 154 valence electrons. The summed E-state index contributed by atoms with van der Waals surface area (Å²) >= 11 is 1.14. The van der Waals surface area contributed by atoms with E-state index in [1.54, 1.807) is 56.5 Å². The molecule has 3 rings (SSSR count). The first kappa shape index (κ1) is 21.3. The molecule has 2 aromatic carbocycles. The van der Waals surface area contributed by atoms with Crippen molar-refractivity contribution < 1.29 is 19.1 Å². The highest BCUT2D eigenvalue weighted by Gasteiger charge is 2.12. The number of esters is 1. The number of benzene rings is 2. The standard InChI is InChI=1S/C23H21NO5S/c1-3-29-22(26)14-21-24(15-19(25)17-7-5-4-6-8-17)23(27)20(30-21)13-16-9-11-18(28-2)12-10-16/h4-14H,3,15H2,1-2H3. The Morgan fingerprint density at radius 1 is 1.07 bits per heavy atom. The molecule has 0 bridgehead atoms. The molecule has 0 spiro atoms. The quantitative estimate of drug-likeness (QED) is 0.429. The van der Waals surface area contributed by atoms with E-state index >= 15 is 0 Å². The maximum atomic E-state index is 13.0. The number of hydrogen-bond acceptors (Lipinski definition) is 6. The fourth-order valence-electron chi connectivity index (χ4n) is 2.79. The highest BCUT2D eigenvalue weighted by atomic mass is 32.1. The second-order valence-corrected chi connectivity index (χ2v) is 7.36. The van der Waals surface area contributed by atoms with Gasteiger partial charge in [-0.3, -0.25) is 14.2 Å². The van der Waals surface area contributed by atoms with E-state index in [1.165, 1.54) is 10.6 Å². The van der Waals surface area contributed by atoms with Gasteiger partial charge in [-0.25, -0.2) is 4.79 Å². The Bertz CT molecular complexity index is 1210. The zero-order valence-corrected chi connectivity index (χ0v) is 17.5. The number of carbonyl (C=O) groups is 2. The van der Waals surface area contributed by atoms with Crippen LogP contribution in [-0.2, 0) is 16.1 Å². The van der Waals surface area contributed by atoms with E-state index in [4.69, 9.17) is 9.47 Å². The van der Waals surface area contributed by atoms with Crippen LogP contribution in [0.3, 0.4) is 0 Å². The molecule has 0 unspecified atom stereocenters. The highest BCUT2D eigenvalue weighted by Crippen LogP contribution is 2.11. The molecule has 0 radical (unpaired) electrons. The van der Waals surface area contributed by atoms with E-state index in [-0.39, 0.29) is 24.5 Å². The van der Waals surface area contributed by atoms with Crippen LogP contribution < -0.4 is 19.5 Å². The van der Waals surface area contributed by atoms with Gasteiger partial charge in [-0.15, -0.1) is 11.3 Å². The van der Waals surface area contributed by atoms with Crippen molar-refractivity contribution in [3.63, 3.8) is 0 Å². The maximum Gasteiger partial charge on any atom is 0.333 e. The topological polar surface area (TPSA) is 74.6 Å². The molecule has 0 N–H and O–H groups in total. The molecule has 0 amide bonds. The highest BCUT2D eigenvalue weighted by molar-refractivity contribution is 7.07. The van der Waals surface area contributed by atoms with Gasteiger partial charge < -0.3 is 9.47 Å². The Morgan fingerprint density at radius 3 is 2.40 bits per heavy atom. The van der Waals surface area contributed by atoms with E-state index in [0.29, 0.717) is 20.5 Å². The number of rotatable bonds is 7. The van der Waals surface area contributed by atoms with E-state index in [9.17, 15) is 14.4 Å². The van der Waals surface area contributed by atoms with Crippen LogP contribution in [0.1, 0.15) is 22.8 Å². The molecule has 0 aliphatic heterocycles. The second kappa shape index (κ2) is 9.84. The van der Waals surface area contributed by atoms with E-state index in [1.807, 2.05) is 18.2 Å². The first-order valence-electron chi connectivity index (χ1n) is 9.34. The Hall–Kier alpha value is -3.45. The van der Waals surface area contributed by atoms with Crippen LogP contribution in [0.15, 0.2) is 59.4 Å². The molecule has 0 saturated carbocycles. The predicted molar refractivity (Wildman–Crippen MR) is 116 cm³/mol. The first-order chi connectivity index (χ1) is 14.5. The van der Waals surface area contributed by atoms with Crippen molar-refractivity contribution in [1.82, 2.24) is 4.57 Å². The number of carbonyl (C=O) groups excluding carboxylic acids is 2. The summed E-state index contributed by atoms with van der Waals surface area (Å²) in [6.07, 6.45) is 2.97. The van der Waals surface area contributed by atoms with Gasteiger partial charge in [0.15, 0.2) is 5.78 Å². The molecular weight excluding hydrogens is 402 g/mol. The SMILES string of the molecule is CCOC(=O)C=c1sc(=Cc2ccc(OC)cc2)c(=O)n1CC(=O)c1ccccc1. The van der Waals surface area contributed by atoms with E-state index < -0.39 is 5.97 Å². The molecule has 0 fully saturated rings. The van der Waals surface area contributed by atoms with Crippen molar-refractivity contribution in [2.24, 2.45) is 0 Å². The average molecular weight is 423 g/mol. The Balaban J connectivity index is 2.07. The van der Waals surface area contributed by atoms with Crippen molar-refractivity contribution in [3.05, 3.63) is 85.3 Å². The molecule has 1 aromatic heterocycles. The van der Waals surface area contributed by atoms with Crippen molar-refractivity contribution in [2.75, 3.05) is 13.7 Å². The molecule has 1 heterocycles. The van der Waals surface area contributed by atoms with Crippen molar-refractivity contribution in [2.45, 2.75) is 13.5 Å².